The topological polar surface area (TPSA) is 60.9 Å². The van der Waals surface area contributed by atoms with Gasteiger partial charge in [0, 0.05) is 13.1 Å². The van der Waals surface area contributed by atoms with E-state index in [1.165, 1.54) is 12.5 Å². The molecule has 1 atom stereocenters. The maximum absolute atomic E-state index is 12.4. The summed E-state index contributed by atoms with van der Waals surface area (Å²) in [5.41, 5.74) is 2.23. The number of rotatable bonds is 6. The molecule has 5 heteroatoms. The molecule has 1 heterocycles. The third-order valence-corrected chi connectivity index (χ3v) is 4.39. The molecule has 1 aromatic carbocycles. The highest BCUT2D eigenvalue weighted by atomic mass is 16.3. The highest BCUT2D eigenvalue weighted by Gasteiger charge is 2.42. The van der Waals surface area contributed by atoms with E-state index in [-0.39, 0.29) is 11.4 Å². The van der Waals surface area contributed by atoms with Crippen LogP contribution in [0.3, 0.4) is 0 Å². The summed E-state index contributed by atoms with van der Waals surface area (Å²) in [6, 6.07) is 7.40. The fourth-order valence-corrected chi connectivity index (χ4v) is 2.96. The standard InChI is InChI=1S/C19H26N2O3/c1-12(2)14-6-8-15(9-7-14)17-16(13(3)22)18(23)19(24)21(17)11-10-20(4)5/h6-9,12,17,23H,10-11H2,1-5H3/t17-/m0/s1. The molecule has 1 aliphatic rings. The average molecular weight is 330 g/mol. The van der Waals surface area contributed by atoms with E-state index in [9.17, 15) is 14.7 Å². The Labute approximate surface area is 143 Å². The second kappa shape index (κ2) is 7.18. The largest absolute Gasteiger partial charge is 0.503 e. The Balaban J connectivity index is 2.42. The quantitative estimate of drug-likeness (QED) is 0.871. The Morgan fingerprint density at radius 3 is 2.29 bits per heavy atom. The summed E-state index contributed by atoms with van der Waals surface area (Å²) in [6.07, 6.45) is 0. The highest BCUT2D eigenvalue weighted by Crippen LogP contribution is 2.37. The number of aliphatic hydroxyl groups excluding tert-OH is 1. The lowest BCUT2D eigenvalue weighted by molar-refractivity contribution is -0.129. The summed E-state index contributed by atoms with van der Waals surface area (Å²) >= 11 is 0. The molecule has 0 unspecified atom stereocenters. The van der Waals surface area contributed by atoms with Crippen LogP contribution in [0.1, 0.15) is 43.9 Å². The zero-order valence-corrected chi connectivity index (χ0v) is 15.0. The number of ketones is 1. The summed E-state index contributed by atoms with van der Waals surface area (Å²) in [7, 11) is 3.85. The minimum Gasteiger partial charge on any atom is -0.503 e. The number of aliphatic hydroxyl groups is 1. The molecule has 5 nitrogen and oxygen atoms in total. The molecule has 0 saturated carbocycles. The first-order valence-corrected chi connectivity index (χ1v) is 8.23. The summed E-state index contributed by atoms with van der Waals surface area (Å²) in [4.78, 5) is 28.0. The van der Waals surface area contributed by atoms with Crippen molar-refractivity contribution in [3.8, 4) is 0 Å². The molecule has 1 aliphatic heterocycles. The van der Waals surface area contributed by atoms with E-state index >= 15 is 0 Å². The average Bonchev–Trinajstić information content (AvgIpc) is 2.77. The van der Waals surface area contributed by atoms with Gasteiger partial charge in [0.15, 0.2) is 11.5 Å². The highest BCUT2D eigenvalue weighted by molar-refractivity contribution is 6.08. The van der Waals surface area contributed by atoms with Crippen LogP contribution in [0.4, 0.5) is 0 Å². The number of Topliss-reactive ketones (excluding diaryl/α,β-unsaturated/α-hetero) is 1. The SMILES string of the molecule is CC(=O)C1=C(O)C(=O)N(CCN(C)C)[C@H]1c1ccc(C(C)C)cc1. The van der Waals surface area contributed by atoms with Crippen LogP contribution in [-0.2, 0) is 9.59 Å². The van der Waals surface area contributed by atoms with Crippen LogP contribution in [-0.4, -0.2) is 53.8 Å². The van der Waals surface area contributed by atoms with E-state index < -0.39 is 17.7 Å². The molecule has 130 valence electrons. The van der Waals surface area contributed by atoms with Gasteiger partial charge in [0.05, 0.1) is 11.6 Å². The van der Waals surface area contributed by atoms with Crippen molar-refractivity contribution in [2.45, 2.75) is 32.7 Å². The van der Waals surface area contributed by atoms with Gasteiger partial charge in [0.1, 0.15) is 0 Å². The minimum absolute atomic E-state index is 0.191. The zero-order valence-electron chi connectivity index (χ0n) is 15.0. The van der Waals surface area contributed by atoms with E-state index in [0.717, 1.165) is 5.56 Å². The third-order valence-electron chi connectivity index (χ3n) is 4.39. The van der Waals surface area contributed by atoms with Crippen LogP contribution < -0.4 is 0 Å². The van der Waals surface area contributed by atoms with Gasteiger partial charge in [0.25, 0.3) is 5.91 Å². The number of likely N-dealkylation sites (N-methyl/N-ethyl adjacent to an activating group) is 1. The van der Waals surface area contributed by atoms with Crippen LogP contribution in [0.2, 0.25) is 0 Å². The molecule has 0 fully saturated rings. The predicted molar refractivity (Wildman–Crippen MR) is 93.9 cm³/mol. The van der Waals surface area contributed by atoms with Gasteiger partial charge >= 0.3 is 0 Å². The molecule has 1 N–H and O–H groups in total. The number of benzene rings is 1. The molecule has 0 saturated heterocycles. The van der Waals surface area contributed by atoms with Crippen LogP contribution in [0, 0.1) is 0 Å². The molecule has 0 bridgehead atoms. The number of nitrogens with zero attached hydrogens (tertiary/aromatic N) is 2. The molecule has 1 amide bonds. The second-order valence-corrected chi connectivity index (χ2v) is 6.84. The Morgan fingerprint density at radius 1 is 1.25 bits per heavy atom. The molecule has 2 rings (SSSR count). The van der Waals surface area contributed by atoms with Crippen LogP contribution in [0.5, 0.6) is 0 Å². The van der Waals surface area contributed by atoms with Gasteiger partial charge in [-0.15, -0.1) is 0 Å². The van der Waals surface area contributed by atoms with Crippen molar-refractivity contribution in [1.29, 1.82) is 0 Å². The van der Waals surface area contributed by atoms with E-state index in [0.29, 0.717) is 19.0 Å². The zero-order chi connectivity index (χ0) is 18.0. The van der Waals surface area contributed by atoms with Crippen molar-refractivity contribution >= 4 is 11.7 Å². The first kappa shape index (κ1) is 18.2. The Morgan fingerprint density at radius 2 is 1.83 bits per heavy atom. The van der Waals surface area contributed by atoms with Crippen molar-refractivity contribution in [3.63, 3.8) is 0 Å². The Bertz CT molecular complexity index is 660. The molecule has 0 aliphatic carbocycles. The molecule has 1 aromatic rings. The van der Waals surface area contributed by atoms with Crippen molar-refractivity contribution in [2.24, 2.45) is 0 Å². The van der Waals surface area contributed by atoms with E-state index in [2.05, 4.69) is 13.8 Å². The fraction of sp³-hybridized carbons (Fsp3) is 0.474. The lowest BCUT2D eigenvalue weighted by Crippen LogP contribution is -2.36. The molecule has 24 heavy (non-hydrogen) atoms. The predicted octanol–water partition coefficient (Wildman–Crippen LogP) is 2.66. The Kier molecular flexibility index (Phi) is 5.44. The van der Waals surface area contributed by atoms with E-state index in [1.807, 2.05) is 43.3 Å². The lowest BCUT2D eigenvalue weighted by atomic mass is 9.94. The number of hydrogen-bond donors (Lipinski definition) is 1. The number of amides is 1. The number of carbonyl (C=O) groups is 2. The smallest absolute Gasteiger partial charge is 0.290 e. The van der Waals surface area contributed by atoms with Gasteiger partial charge in [0.2, 0.25) is 0 Å². The van der Waals surface area contributed by atoms with Gasteiger partial charge in [-0.2, -0.15) is 0 Å². The first-order valence-electron chi connectivity index (χ1n) is 8.23. The van der Waals surface area contributed by atoms with Gasteiger partial charge in [-0.25, -0.2) is 0 Å². The van der Waals surface area contributed by atoms with Crippen molar-refractivity contribution in [2.75, 3.05) is 27.2 Å². The van der Waals surface area contributed by atoms with Gasteiger partial charge in [-0.05, 0) is 38.1 Å². The van der Waals surface area contributed by atoms with Crippen molar-refractivity contribution < 1.29 is 14.7 Å². The minimum atomic E-state index is -0.517. The summed E-state index contributed by atoms with van der Waals surface area (Å²) in [6.45, 7) is 6.73. The molecular weight excluding hydrogens is 304 g/mol. The molecule has 0 spiro atoms. The summed E-state index contributed by atoms with van der Waals surface area (Å²) < 4.78 is 0. The fourth-order valence-electron chi connectivity index (χ4n) is 2.96. The summed E-state index contributed by atoms with van der Waals surface area (Å²) in [5.74, 6) is -0.754. The number of hydrogen-bond acceptors (Lipinski definition) is 4. The van der Waals surface area contributed by atoms with Crippen molar-refractivity contribution in [3.05, 3.63) is 46.7 Å². The Hall–Kier alpha value is -2.14. The van der Waals surface area contributed by atoms with Crippen LogP contribution >= 0.6 is 0 Å². The van der Waals surface area contributed by atoms with E-state index in [1.54, 1.807) is 4.90 Å². The van der Waals surface area contributed by atoms with Crippen LogP contribution in [0.25, 0.3) is 0 Å². The molecular formula is C19H26N2O3. The monoisotopic (exact) mass is 330 g/mol. The molecule has 0 aromatic heterocycles. The number of carbonyl (C=O) groups excluding carboxylic acids is 2. The van der Waals surface area contributed by atoms with Gasteiger partial charge in [-0.1, -0.05) is 38.1 Å². The maximum Gasteiger partial charge on any atom is 0.290 e. The van der Waals surface area contributed by atoms with Crippen molar-refractivity contribution in [1.82, 2.24) is 9.80 Å². The van der Waals surface area contributed by atoms with Gasteiger partial charge in [-0.3, -0.25) is 9.59 Å². The third kappa shape index (κ3) is 3.51. The molecule has 0 radical (unpaired) electrons. The van der Waals surface area contributed by atoms with E-state index in [4.69, 9.17) is 0 Å². The first-order chi connectivity index (χ1) is 11.2. The maximum atomic E-state index is 12.4. The normalized spacial score (nSPS) is 18.2. The van der Waals surface area contributed by atoms with Crippen LogP contribution in [0.15, 0.2) is 35.6 Å². The lowest BCUT2D eigenvalue weighted by Gasteiger charge is -2.28. The summed E-state index contributed by atoms with van der Waals surface area (Å²) in [5, 5.41) is 10.2. The second-order valence-electron chi connectivity index (χ2n) is 6.84. The van der Waals surface area contributed by atoms with Gasteiger partial charge < -0.3 is 14.9 Å².